The van der Waals surface area contributed by atoms with E-state index in [9.17, 15) is 4.79 Å². The average Bonchev–Trinajstić information content (AvgIpc) is 2.68. The summed E-state index contributed by atoms with van der Waals surface area (Å²) in [7, 11) is 0. The fraction of sp³-hybridized carbons (Fsp3) is 0.480. The number of thioether (sulfide) groups is 2. The van der Waals surface area contributed by atoms with Gasteiger partial charge in [0.25, 0.3) is 0 Å². The van der Waals surface area contributed by atoms with Crippen molar-refractivity contribution in [3.8, 4) is 5.75 Å². The molecule has 3 nitrogen and oxygen atoms in total. The Labute approximate surface area is 190 Å². The van der Waals surface area contributed by atoms with Gasteiger partial charge in [-0.15, -0.1) is 23.5 Å². The third-order valence-electron chi connectivity index (χ3n) is 4.64. The first kappa shape index (κ1) is 24.7. The van der Waals surface area contributed by atoms with Crippen molar-refractivity contribution in [2.75, 3.05) is 11.5 Å². The smallest absolute Gasteiger partial charge is 0.350 e. The lowest BCUT2D eigenvalue weighted by Gasteiger charge is -2.35. The zero-order valence-electron chi connectivity index (χ0n) is 19.2. The molecule has 2 aromatic carbocycles. The summed E-state index contributed by atoms with van der Waals surface area (Å²) >= 11 is 3.90. The van der Waals surface area contributed by atoms with Crippen LogP contribution in [0.25, 0.3) is 0 Å². The molecule has 2 aromatic rings. The van der Waals surface area contributed by atoms with E-state index in [1.54, 1.807) is 13.8 Å². The lowest BCUT2D eigenvalue weighted by molar-refractivity contribution is -0.163. The predicted molar refractivity (Wildman–Crippen MR) is 131 cm³/mol. The fourth-order valence-corrected chi connectivity index (χ4v) is 6.53. The van der Waals surface area contributed by atoms with Crippen LogP contribution in [0.5, 0.6) is 5.75 Å². The largest absolute Gasteiger partial charge is 0.476 e. The minimum absolute atomic E-state index is 0.172. The van der Waals surface area contributed by atoms with E-state index in [4.69, 9.17) is 9.47 Å². The summed E-state index contributed by atoms with van der Waals surface area (Å²) < 4.78 is 11.1. The van der Waals surface area contributed by atoms with E-state index in [0.717, 1.165) is 11.5 Å². The molecule has 0 fully saturated rings. The Bertz CT molecular complexity index is 823. The highest BCUT2D eigenvalue weighted by Gasteiger charge is 2.36. The summed E-state index contributed by atoms with van der Waals surface area (Å²) in [6, 6.07) is 16.8. The first-order valence-corrected chi connectivity index (χ1v) is 12.5. The summed E-state index contributed by atoms with van der Waals surface area (Å²) in [6.45, 7) is 13.7. The summed E-state index contributed by atoms with van der Waals surface area (Å²) in [5.74, 6) is 2.31. The number of carbonyl (C=O) groups excluding carboxylic acids is 1. The molecule has 0 aliphatic carbocycles. The van der Waals surface area contributed by atoms with Crippen LogP contribution in [0.3, 0.4) is 0 Å². The van der Waals surface area contributed by atoms with Crippen LogP contribution in [-0.2, 0) is 13.6 Å². The molecule has 0 aliphatic heterocycles. The van der Waals surface area contributed by atoms with Gasteiger partial charge >= 0.3 is 5.97 Å². The molecule has 0 unspecified atom stereocenters. The van der Waals surface area contributed by atoms with Gasteiger partial charge in [-0.1, -0.05) is 50.2 Å². The number of hydrogen-bond acceptors (Lipinski definition) is 5. The maximum atomic E-state index is 12.3. The van der Waals surface area contributed by atoms with Gasteiger partial charge in [-0.25, -0.2) is 4.79 Å². The molecular weight excluding hydrogens is 412 g/mol. The first-order chi connectivity index (χ1) is 14.2. The van der Waals surface area contributed by atoms with E-state index in [1.165, 1.54) is 16.7 Å². The third-order valence-corrected chi connectivity index (χ3v) is 7.65. The van der Waals surface area contributed by atoms with E-state index < -0.39 is 5.60 Å². The molecule has 0 bridgehead atoms. The van der Waals surface area contributed by atoms with E-state index >= 15 is 0 Å². The average molecular weight is 447 g/mol. The second kappa shape index (κ2) is 10.6. The molecule has 0 saturated heterocycles. The van der Waals surface area contributed by atoms with Crippen molar-refractivity contribution in [2.24, 2.45) is 0 Å². The van der Waals surface area contributed by atoms with Crippen LogP contribution in [-0.4, -0.2) is 29.2 Å². The zero-order chi connectivity index (χ0) is 22.4. The second-order valence-electron chi connectivity index (χ2n) is 7.89. The Balaban J connectivity index is 2.39. The lowest BCUT2D eigenvalue weighted by Crippen LogP contribution is -2.40. The van der Waals surface area contributed by atoms with Crippen LogP contribution in [0, 0.1) is 6.92 Å². The van der Waals surface area contributed by atoms with Gasteiger partial charge in [0, 0.05) is 0 Å². The second-order valence-corrected chi connectivity index (χ2v) is 11.1. The van der Waals surface area contributed by atoms with Gasteiger partial charge in [0.2, 0.25) is 0 Å². The van der Waals surface area contributed by atoms with Crippen LogP contribution in [0.4, 0.5) is 0 Å². The van der Waals surface area contributed by atoms with Gasteiger partial charge in [-0.3, -0.25) is 0 Å². The van der Waals surface area contributed by atoms with Gasteiger partial charge in [-0.2, -0.15) is 0 Å². The van der Waals surface area contributed by atoms with E-state index in [-0.39, 0.29) is 16.2 Å². The van der Waals surface area contributed by atoms with Crippen LogP contribution >= 0.6 is 23.5 Å². The molecule has 0 amide bonds. The summed E-state index contributed by atoms with van der Waals surface area (Å²) in [6.07, 6.45) is -0.172. The highest BCUT2D eigenvalue weighted by Crippen LogP contribution is 2.52. The molecule has 0 radical (unpaired) electrons. The minimum Gasteiger partial charge on any atom is -0.476 e. The molecule has 0 atom stereocenters. The van der Waals surface area contributed by atoms with Crippen LogP contribution in [0.1, 0.15) is 58.2 Å². The van der Waals surface area contributed by atoms with Crippen molar-refractivity contribution in [3.63, 3.8) is 0 Å². The van der Waals surface area contributed by atoms with E-state index in [0.29, 0.717) is 5.75 Å². The monoisotopic (exact) mass is 446 g/mol. The Morgan fingerprint density at radius 1 is 0.967 bits per heavy atom. The SMILES string of the molecule is CCSC(SCC)(c1ccc(OC(C)(C)C(=O)OC(C)C)cc1)c1ccccc1C. The standard InChI is InChI=1S/C25H34O3S2/c1-8-29-25(30-9-2,22-13-11-10-12-19(22)5)20-14-16-21(17-15-20)28-24(6,7)23(26)27-18(3)4/h10-18H,8-9H2,1-7H3. The molecular formula is C25H34O3S2. The first-order valence-electron chi connectivity index (χ1n) is 10.5. The Morgan fingerprint density at radius 3 is 2.03 bits per heavy atom. The van der Waals surface area contributed by atoms with Gasteiger partial charge in [0.1, 0.15) is 9.83 Å². The van der Waals surface area contributed by atoms with Gasteiger partial charge < -0.3 is 9.47 Å². The molecule has 164 valence electrons. The maximum absolute atomic E-state index is 12.3. The minimum atomic E-state index is -1.05. The Morgan fingerprint density at radius 2 is 1.53 bits per heavy atom. The fourth-order valence-electron chi connectivity index (χ4n) is 3.30. The quantitative estimate of drug-likeness (QED) is 0.296. The van der Waals surface area contributed by atoms with Crippen LogP contribution in [0.15, 0.2) is 48.5 Å². The Kier molecular flexibility index (Phi) is 8.74. The molecule has 30 heavy (non-hydrogen) atoms. The van der Waals surface area contributed by atoms with Crippen LogP contribution < -0.4 is 4.74 Å². The molecule has 0 saturated carbocycles. The van der Waals surface area contributed by atoms with Gasteiger partial charge in [-0.05, 0) is 74.9 Å². The third kappa shape index (κ3) is 5.76. The normalized spacial score (nSPS) is 12.1. The van der Waals surface area contributed by atoms with Crippen molar-refractivity contribution in [3.05, 3.63) is 65.2 Å². The van der Waals surface area contributed by atoms with Crippen molar-refractivity contribution >= 4 is 29.5 Å². The Hall–Kier alpha value is -1.59. The van der Waals surface area contributed by atoms with E-state index in [1.807, 2.05) is 49.5 Å². The molecule has 0 heterocycles. The molecule has 0 spiro atoms. The number of ether oxygens (including phenoxy) is 2. The number of hydrogen-bond donors (Lipinski definition) is 0. The predicted octanol–water partition coefficient (Wildman–Crippen LogP) is 6.81. The summed E-state index contributed by atoms with van der Waals surface area (Å²) in [5.41, 5.74) is 2.80. The summed E-state index contributed by atoms with van der Waals surface area (Å²) in [4.78, 5) is 12.3. The number of esters is 1. The van der Waals surface area contributed by atoms with Gasteiger partial charge in [0.05, 0.1) is 6.10 Å². The number of benzene rings is 2. The van der Waals surface area contributed by atoms with Crippen molar-refractivity contribution < 1.29 is 14.3 Å². The highest BCUT2D eigenvalue weighted by molar-refractivity contribution is 8.17. The van der Waals surface area contributed by atoms with Crippen molar-refractivity contribution in [2.45, 2.75) is 64.3 Å². The maximum Gasteiger partial charge on any atom is 0.350 e. The van der Waals surface area contributed by atoms with Crippen LogP contribution in [0.2, 0.25) is 0 Å². The summed E-state index contributed by atoms with van der Waals surface area (Å²) in [5, 5.41) is 0. The molecule has 5 heteroatoms. The zero-order valence-corrected chi connectivity index (χ0v) is 20.8. The topological polar surface area (TPSA) is 35.5 Å². The molecule has 0 aliphatic rings. The number of rotatable bonds is 10. The number of aryl methyl sites for hydroxylation is 1. The number of carbonyl (C=O) groups is 1. The van der Waals surface area contributed by atoms with Gasteiger partial charge in [0.15, 0.2) is 5.60 Å². The molecule has 2 rings (SSSR count). The molecule has 0 N–H and O–H groups in total. The highest BCUT2D eigenvalue weighted by atomic mass is 32.2. The van der Waals surface area contributed by atoms with Crippen molar-refractivity contribution in [1.82, 2.24) is 0 Å². The van der Waals surface area contributed by atoms with E-state index in [2.05, 4.69) is 57.2 Å². The molecule has 0 aromatic heterocycles. The lowest BCUT2D eigenvalue weighted by atomic mass is 9.99. The van der Waals surface area contributed by atoms with Crippen molar-refractivity contribution in [1.29, 1.82) is 0 Å².